The Hall–Kier alpha value is -2.88. The van der Waals surface area contributed by atoms with E-state index in [2.05, 4.69) is 4.74 Å². The molecule has 0 aliphatic rings. The Morgan fingerprint density at radius 1 is 1.00 bits per heavy atom. The van der Waals surface area contributed by atoms with Gasteiger partial charge in [0.2, 0.25) is 0 Å². The second-order valence-electron chi connectivity index (χ2n) is 4.58. The zero-order valence-electron chi connectivity index (χ0n) is 12.3. The molecule has 0 unspecified atom stereocenters. The highest BCUT2D eigenvalue weighted by molar-refractivity contribution is 6.06. The quantitative estimate of drug-likeness (QED) is 0.629. The Morgan fingerprint density at radius 2 is 1.59 bits per heavy atom. The monoisotopic (exact) mass is 295 g/mol. The van der Waals surface area contributed by atoms with Crippen LogP contribution in [-0.4, -0.2) is 25.5 Å². The van der Waals surface area contributed by atoms with Crippen LogP contribution < -0.4 is 4.90 Å². The van der Waals surface area contributed by atoms with Gasteiger partial charge in [-0.15, -0.1) is 0 Å². The molecule has 0 N–H and O–H groups in total. The minimum Gasteiger partial charge on any atom is -0.468 e. The molecule has 0 aromatic heterocycles. The maximum absolute atomic E-state index is 12.4. The molecule has 0 saturated carbocycles. The van der Waals surface area contributed by atoms with E-state index in [0.29, 0.717) is 5.69 Å². The number of hydrogen-bond donors (Lipinski definition) is 0. The van der Waals surface area contributed by atoms with Crippen LogP contribution in [-0.2, 0) is 14.3 Å². The van der Waals surface area contributed by atoms with E-state index in [1.54, 1.807) is 18.2 Å². The Morgan fingerprint density at radius 3 is 2.18 bits per heavy atom. The summed E-state index contributed by atoms with van der Waals surface area (Å²) in [4.78, 5) is 25.3. The molecule has 1 amide bonds. The third-order valence-electron chi connectivity index (χ3n) is 3.07. The third kappa shape index (κ3) is 4.31. The molecule has 0 fully saturated rings. The van der Waals surface area contributed by atoms with E-state index in [1.807, 2.05) is 48.5 Å². The molecule has 2 aromatic carbocycles. The number of benzene rings is 2. The van der Waals surface area contributed by atoms with Gasteiger partial charge < -0.3 is 4.74 Å². The summed E-state index contributed by atoms with van der Waals surface area (Å²) < 4.78 is 4.66. The lowest BCUT2D eigenvalue weighted by Gasteiger charge is -2.19. The number of carbonyl (C=O) groups excluding carboxylic acids is 2. The average molecular weight is 295 g/mol. The van der Waals surface area contributed by atoms with Crippen molar-refractivity contribution in [1.82, 2.24) is 0 Å². The van der Waals surface area contributed by atoms with Gasteiger partial charge in [-0.2, -0.15) is 0 Å². The second kappa shape index (κ2) is 7.78. The number of anilines is 1. The van der Waals surface area contributed by atoms with Crippen molar-refractivity contribution in [2.24, 2.45) is 0 Å². The van der Waals surface area contributed by atoms with Crippen LogP contribution >= 0.6 is 0 Å². The van der Waals surface area contributed by atoms with Crippen molar-refractivity contribution in [3.8, 4) is 0 Å². The fourth-order valence-electron chi connectivity index (χ4n) is 1.92. The first kappa shape index (κ1) is 15.5. The fraction of sp³-hybridized carbons (Fsp3) is 0.111. The Balaban J connectivity index is 2.19. The molecular weight excluding hydrogens is 278 g/mol. The Labute approximate surface area is 129 Å². The molecule has 4 nitrogen and oxygen atoms in total. The molecule has 0 bridgehead atoms. The van der Waals surface area contributed by atoms with Crippen LogP contribution in [0.1, 0.15) is 5.56 Å². The van der Waals surface area contributed by atoms with Gasteiger partial charge >= 0.3 is 5.97 Å². The van der Waals surface area contributed by atoms with Crippen molar-refractivity contribution in [2.45, 2.75) is 0 Å². The number of methoxy groups -OCH3 is 1. The molecule has 22 heavy (non-hydrogen) atoms. The number of ether oxygens (including phenoxy) is 1. The summed E-state index contributed by atoms with van der Waals surface area (Å²) in [6, 6.07) is 18.5. The molecule has 0 atom stereocenters. The first-order chi connectivity index (χ1) is 10.7. The summed E-state index contributed by atoms with van der Waals surface area (Å²) >= 11 is 0. The lowest BCUT2D eigenvalue weighted by molar-refractivity contribution is -0.139. The fourth-order valence-corrected chi connectivity index (χ4v) is 1.92. The van der Waals surface area contributed by atoms with Gasteiger partial charge in [-0.1, -0.05) is 48.5 Å². The minimum absolute atomic E-state index is 0.127. The van der Waals surface area contributed by atoms with Gasteiger partial charge in [0.15, 0.2) is 0 Å². The lowest BCUT2D eigenvalue weighted by atomic mass is 10.2. The summed E-state index contributed by atoms with van der Waals surface area (Å²) in [5.41, 5.74) is 1.57. The molecule has 0 saturated heterocycles. The highest BCUT2D eigenvalue weighted by Crippen LogP contribution is 2.14. The molecule has 0 heterocycles. The van der Waals surface area contributed by atoms with E-state index in [0.717, 1.165) is 5.56 Å². The van der Waals surface area contributed by atoms with E-state index >= 15 is 0 Å². The van der Waals surface area contributed by atoms with E-state index in [9.17, 15) is 9.59 Å². The number of hydrogen-bond acceptors (Lipinski definition) is 3. The molecule has 0 radical (unpaired) electrons. The molecule has 4 heteroatoms. The standard InChI is InChI=1S/C18H17NO3/c1-22-18(21)14-19(16-10-6-3-7-11-16)17(20)13-12-15-8-4-2-5-9-15/h2-13H,14H2,1H3. The van der Waals surface area contributed by atoms with Crippen molar-refractivity contribution >= 4 is 23.6 Å². The topological polar surface area (TPSA) is 46.6 Å². The summed E-state index contributed by atoms with van der Waals surface area (Å²) in [7, 11) is 1.30. The van der Waals surface area contributed by atoms with Crippen molar-refractivity contribution < 1.29 is 14.3 Å². The van der Waals surface area contributed by atoms with E-state index < -0.39 is 5.97 Å². The van der Waals surface area contributed by atoms with Crippen molar-refractivity contribution in [1.29, 1.82) is 0 Å². The number of para-hydroxylation sites is 1. The van der Waals surface area contributed by atoms with Crippen LogP contribution in [0.25, 0.3) is 6.08 Å². The first-order valence-corrected chi connectivity index (χ1v) is 6.87. The van der Waals surface area contributed by atoms with Crippen LogP contribution in [0.15, 0.2) is 66.7 Å². The summed E-state index contributed by atoms with van der Waals surface area (Å²) in [6.45, 7) is -0.127. The van der Waals surface area contributed by atoms with E-state index in [1.165, 1.54) is 18.1 Å². The third-order valence-corrected chi connectivity index (χ3v) is 3.07. The van der Waals surface area contributed by atoms with Gasteiger partial charge in [0.25, 0.3) is 5.91 Å². The van der Waals surface area contributed by atoms with Crippen LogP contribution in [0.5, 0.6) is 0 Å². The zero-order valence-corrected chi connectivity index (χ0v) is 12.3. The average Bonchev–Trinajstić information content (AvgIpc) is 2.59. The zero-order chi connectivity index (χ0) is 15.8. The minimum atomic E-state index is -0.467. The van der Waals surface area contributed by atoms with E-state index in [4.69, 9.17) is 0 Å². The predicted octanol–water partition coefficient (Wildman–Crippen LogP) is 2.91. The molecular formula is C18H17NO3. The van der Waals surface area contributed by atoms with Gasteiger partial charge in [-0.05, 0) is 23.8 Å². The van der Waals surface area contributed by atoms with Crippen LogP contribution in [0.2, 0.25) is 0 Å². The predicted molar refractivity (Wildman–Crippen MR) is 86.3 cm³/mol. The van der Waals surface area contributed by atoms with Crippen molar-refractivity contribution in [2.75, 3.05) is 18.6 Å². The van der Waals surface area contributed by atoms with Crippen molar-refractivity contribution in [3.05, 3.63) is 72.3 Å². The van der Waals surface area contributed by atoms with Crippen LogP contribution in [0.4, 0.5) is 5.69 Å². The number of esters is 1. The summed E-state index contributed by atoms with van der Waals surface area (Å²) in [6.07, 6.45) is 3.17. The number of rotatable bonds is 5. The maximum atomic E-state index is 12.4. The lowest BCUT2D eigenvalue weighted by Crippen LogP contribution is -2.35. The summed E-state index contributed by atoms with van der Waals surface area (Å²) in [5, 5.41) is 0. The maximum Gasteiger partial charge on any atom is 0.325 e. The highest BCUT2D eigenvalue weighted by atomic mass is 16.5. The van der Waals surface area contributed by atoms with Crippen LogP contribution in [0, 0.1) is 0 Å². The SMILES string of the molecule is COC(=O)CN(C(=O)C=Cc1ccccc1)c1ccccc1. The highest BCUT2D eigenvalue weighted by Gasteiger charge is 2.17. The van der Waals surface area contributed by atoms with Gasteiger partial charge in [-0.25, -0.2) is 0 Å². The second-order valence-corrected chi connectivity index (χ2v) is 4.58. The molecule has 2 aromatic rings. The molecule has 0 aliphatic carbocycles. The van der Waals surface area contributed by atoms with Gasteiger partial charge in [0.05, 0.1) is 7.11 Å². The Kier molecular flexibility index (Phi) is 5.49. The number of carbonyl (C=O) groups is 2. The molecule has 112 valence electrons. The largest absolute Gasteiger partial charge is 0.468 e. The summed E-state index contributed by atoms with van der Waals surface area (Å²) in [5.74, 6) is -0.745. The smallest absolute Gasteiger partial charge is 0.325 e. The Bertz CT molecular complexity index is 651. The number of amides is 1. The van der Waals surface area contributed by atoms with Gasteiger partial charge in [-0.3, -0.25) is 14.5 Å². The van der Waals surface area contributed by atoms with Crippen LogP contribution in [0.3, 0.4) is 0 Å². The molecule has 0 spiro atoms. The molecule has 0 aliphatic heterocycles. The van der Waals surface area contributed by atoms with Gasteiger partial charge in [0, 0.05) is 11.8 Å². The van der Waals surface area contributed by atoms with Gasteiger partial charge in [0.1, 0.15) is 6.54 Å². The van der Waals surface area contributed by atoms with E-state index in [-0.39, 0.29) is 12.5 Å². The first-order valence-electron chi connectivity index (χ1n) is 6.87. The van der Waals surface area contributed by atoms with Crippen molar-refractivity contribution in [3.63, 3.8) is 0 Å². The normalized spacial score (nSPS) is 10.4. The molecule has 2 rings (SSSR count). The number of nitrogens with zero attached hydrogens (tertiary/aromatic N) is 1.